The van der Waals surface area contributed by atoms with Gasteiger partial charge in [0.25, 0.3) is 0 Å². The predicted molar refractivity (Wildman–Crippen MR) is 98.6 cm³/mol. The van der Waals surface area contributed by atoms with Crippen LogP contribution in [0.2, 0.25) is 0 Å². The van der Waals surface area contributed by atoms with Gasteiger partial charge in [0.1, 0.15) is 11.5 Å². The highest BCUT2D eigenvalue weighted by Crippen LogP contribution is 2.44. The number of rotatable bonds is 4. The SMILES string of the molecule is CCC(=O)N=C1S[C@H]2CS(=O)(=O)C[C@@H]2N1c1ccc(OC)cc1OC. The Morgan fingerprint density at radius 1 is 1.32 bits per heavy atom. The number of anilines is 1. The third-order valence-electron chi connectivity index (χ3n) is 4.24. The van der Waals surface area contributed by atoms with Crippen molar-refractivity contribution in [3.05, 3.63) is 18.2 Å². The van der Waals surface area contributed by atoms with Gasteiger partial charge in [-0.3, -0.25) is 4.79 Å². The third kappa shape index (κ3) is 3.48. The molecule has 0 radical (unpaired) electrons. The van der Waals surface area contributed by atoms with Crippen molar-refractivity contribution < 1.29 is 22.7 Å². The summed E-state index contributed by atoms with van der Waals surface area (Å²) >= 11 is 1.35. The van der Waals surface area contributed by atoms with E-state index in [9.17, 15) is 13.2 Å². The topological polar surface area (TPSA) is 85.3 Å². The molecule has 2 aliphatic heterocycles. The molecule has 136 valence electrons. The van der Waals surface area contributed by atoms with Gasteiger partial charge in [-0.25, -0.2) is 8.42 Å². The summed E-state index contributed by atoms with van der Waals surface area (Å²) in [6.45, 7) is 1.75. The molecule has 2 saturated heterocycles. The number of nitrogens with zero attached hydrogens (tertiary/aromatic N) is 2. The second kappa shape index (κ2) is 6.87. The molecule has 0 aromatic heterocycles. The summed E-state index contributed by atoms with van der Waals surface area (Å²) in [5.41, 5.74) is 0.683. The Morgan fingerprint density at radius 2 is 2.08 bits per heavy atom. The summed E-state index contributed by atoms with van der Waals surface area (Å²) in [6, 6.07) is 5.05. The van der Waals surface area contributed by atoms with Crippen LogP contribution in [0.25, 0.3) is 0 Å². The molecule has 2 aliphatic rings. The standard InChI is InChI=1S/C16H20N2O5S2/c1-4-15(19)17-16-18(12-8-25(20,21)9-14(12)24-16)11-6-5-10(22-2)7-13(11)23-3/h5-7,12,14H,4,8-9H2,1-3H3/t12-,14-/m0/s1. The van der Waals surface area contributed by atoms with E-state index in [2.05, 4.69) is 4.99 Å². The van der Waals surface area contributed by atoms with Crippen LogP contribution in [0.4, 0.5) is 5.69 Å². The maximum Gasteiger partial charge on any atom is 0.247 e. The highest BCUT2D eigenvalue weighted by atomic mass is 32.2. The first kappa shape index (κ1) is 18.1. The van der Waals surface area contributed by atoms with Crippen LogP contribution in [0.15, 0.2) is 23.2 Å². The molecule has 0 saturated carbocycles. The van der Waals surface area contributed by atoms with E-state index < -0.39 is 9.84 Å². The smallest absolute Gasteiger partial charge is 0.247 e. The monoisotopic (exact) mass is 384 g/mol. The average Bonchev–Trinajstić information content (AvgIpc) is 3.04. The minimum absolute atomic E-state index is 0.0409. The van der Waals surface area contributed by atoms with Crippen LogP contribution < -0.4 is 14.4 Å². The molecule has 1 aromatic rings. The fourth-order valence-electron chi connectivity index (χ4n) is 3.02. The molecular weight excluding hydrogens is 364 g/mol. The van der Waals surface area contributed by atoms with Crippen molar-refractivity contribution in [3.63, 3.8) is 0 Å². The lowest BCUT2D eigenvalue weighted by Crippen LogP contribution is -2.38. The molecule has 0 N–H and O–H groups in total. The molecule has 0 spiro atoms. The van der Waals surface area contributed by atoms with Crippen molar-refractivity contribution >= 4 is 38.4 Å². The summed E-state index contributed by atoms with van der Waals surface area (Å²) in [6.07, 6.45) is 0.297. The summed E-state index contributed by atoms with van der Waals surface area (Å²) in [7, 11) is -0.00213. The molecule has 9 heteroatoms. The van der Waals surface area contributed by atoms with Crippen LogP contribution in [0.3, 0.4) is 0 Å². The zero-order valence-corrected chi connectivity index (χ0v) is 15.9. The number of hydrogen-bond donors (Lipinski definition) is 0. The summed E-state index contributed by atoms with van der Waals surface area (Å²) in [5, 5.41) is 0.389. The quantitative estimate of drug-likeness (QED) is 0.781. The van der Waals surface area contributed by atoms with E-state index in [0.29, 0.717) is 28.8 Å². The number of benzene rings is 1. The summed E-state index contributed by atoms with van der Waals surface area (Å²) in [5.74, 6) is 1.08. The van der Waals surface area contributed by atoms with E-state index in [1.54, 1.807) is 39.3 Å². The van der Waals surface area contributed by atoms with Gasteiger partial charge in [-0.2, -0.15) is 4.99 Å². The van der Waals surface area contributed by atoms with Crippen molar-refractivity contribution in [2.75, 3.05) is 30.6 Å². The maximum atomic E-state index is 12.1. The number of hydrogen-bond acceptors (Lipinski definition) is 6. The molecule has 7 nitrogen and oxygen atoms in total. The Labute approximate surface area is 151 Å². The van der Waals surface area contributed by atoms with E-state index in [0.717, 1.165) is 0 Å². The third-order valence-corrected chi connectivity index (χ3v) is 7.45. The van der Waals surface area contributed by atoms with Gasteiger partial charge in [0.05, 0.1) is 37.5 Å². The van der Waals surface area contributed by atoms with Crippen molar-refractivity contribution in [1.82, 2.24) is 0 Å². The molecule has 0 bridgehead atoms. The number of sulfone groups is 1. The second-order valence-corrected chi connectivity index (χ2v) is 9.21. The van der Waals surface area contributed by atoms with Gasteiger partial charge in [-0.15, -0.1) is 0 Å². The molecule has 1 aromatic carbocycles. The Balaban J connectivity index is 2.08. The van der Waals surface area contributed by atoms with Crippen molar-refractivity contribution in [2.24, 2.45) is 4.99 Å². The van der Waals surface area contributed by atoms with Crippen LogP contribution in [0.5, 0.6) is 11.5 Å². The molecular formula is C16H20N2O5S2. The number of ether oxygens (including phenoxy) is 2. The van der Waals surface area contributed by atoms with Gasteiger partial charge in [0, 0.05) is 17.7 Å². The molecule has 0 unspecified atom stereocenters. The van der Waals surface area contributed by atoms with Gasteiger partial charge in [-0.1, -0.05) is 18.7 Å². The predicted octanol–water partition coefficient (Wildman–Crippen LogP) is 1.72. The lowest BCUT2D eigenvalue weighted by Gasteiger charge is -2.26. The number of methoxy groups -OCH3 is 2. The largest absolute Gasteiger partial charge is 0.497 e. The normalized spacial score (nSPS) is 25.9. The second-order valence-electron chi connectivity index (χ2n) is 5.85. The number of amides is 1. The highest BCUT2D eigenvalue weighted by Gasteiger charge is 2.50. The number of thioether (sulfide) groups is 1. The van der Waals surface area contributed by atoms with Crippen LogP contribution in [0.1, 0.15) is 13.3 Å². The fourth-order valence-corrected chi connectivity index (χ4v) is 6.94. The number of carbonyl (C=O) groups is 1. The van der Waals surface area contributed by atoms with E-state index in [4.69, 9.17) is 9.47 Å². The lowest BCUT2D eigenvalue weighted by molar-refractivity contribution is -0.117. The lowest BCUT2D eigenvalue weighted by atomic mass is 10.2. The van der Waals surface area contributed by atoms with Crippen LogP contribution in [0, 0.1) is 0 Å². The van der Waals surface area contributed by atoms with Gasteiger partial charge < -0.3 is 14.4 Å². The van der Waals surface area contributed by atoms with Crippen LogP contribution >= 0.6 is 11.8 Å². The molecule has 3 rings (SSSR count). The van der Waals surface area contributed by atoms with E-state index in [1.165, 1.54) is 11.8 Å². The zero-order valence-electron chi connectivity index (χ0n) is 14.3. The van der Waals surface area contributed by atoms with Crippen LogP contribution in [-0.4, -0.2) is 56.5 Å². The number of carbonyl (C=O) groups excluding carboxylic acids is 1. The first-order chi connectivity index (χ1) is 11.9. The maximum absolute atomic E-state index is 12.1. The van der Waals surface area contributed by atoms with Crippen molar-refractivity contribution in [2.45, 2.75) is 24.6 Å². The number of amidine groups is 1. The van der Waals surface area contributed by atoms with Crippen molar-refractivity contribution in [3.8, 4) is 11.5 Å². The first-order valence-electron chi connectivity index (χ1n) is 7.88. The Kier molecular flexibility index (Phi) is 4.97. The van der Waals surface area contributed by atoms with Gasteiger partial charge >= 0.3 is 0 Å². The first-order valence-corrected chi connectivity index (χ1v) is 10.6. The van der Waals surface area contributed by atoms with Gasteiger partial charge in [0.15, 0.2) is 15.0 Å². The van der Waals surface area contributed by atoms with E-state index in [1.807, 2.05) is 4.90 Å². The molecule has 25 heavy (non-hydrogen) atoms. The zero-order chi connectivity index (χ0) is 18.2. The van der Waals surface area contributed by atoms with Crippen molar-refractivity contribution in [1.29, 1.82) is 0 Å². The molecule has 2 heterocycles. The van der Waals surface area contributed by atoms with E-state index in [-0.39, 0.29) is 28.7 Å². The van der Waals surface area contributed by atoms with Gasteiger partial charge in [0.2, 0.25) is 5.91 Å². The number of fused-ring (bicyclic) bond motifs is 1. The highest BCUT2D eigenvalue weighted by molar-refractivity contribution is 8.16. The molecule has 2 atom stereocenters. The Bertz CT molecular complexity index is 822. The fraction of sp³-hybridized carbons (Fsp3) is 0.500. The Hall–Kier alpha value is -1.74. The Morgan fingerprint density at radius 3 is 2.72 bits per heavy atom. The minimum Gasteiger partial charge on any atom is -0.497 e. The summed E-state index contributed by atoms with van der Waals surface area (Å²) < 4.78 is 34.8. The molecule has 2 fully saturated rings. The van der Waals surface area contributed by atoms with Crippen LogP contribution in [-0.2, 0) is 14.6 Å². The van der Waals surface area contributed by atoms with Gasteiger partial charge in [-0.05, 0) is 12.1 Å². The number of aliphatic imine (C=N–C) groups is 1. The average molecular weight is 384 g/mol. The van der Waals surface area contributed by atoms with E-state index >= 15 is 0 Å². The summed E-state index contributed by atoms with van der Waals surface area (Å²) in [4.78, 5) is 17.9. The molecule has 0 aliphatic carbocycles. The molecule has 1 amide bonds. The minimum atomic E-state index is -3.10.